The molecule has 1 aliphatic heterocycles. The summed E-state index contributed by atoms with van der Waals surface area (Å²) >= 11 is 4.76. The number of carbonyl (C=O) groups is 2. The number of amides is 2. The van der Waals surface area contributed by atoms with Crippen molar-refractivity contribution in [2.75, 3.05) is 27.7 Å². The first kappa shape index (κ1) is 18.0. The standard InChI is InChI=1S/C16H20N4O3S/c1-20(2)13(10-4-6-11(23-3)7-5-10)9-17-8-12-14(21)18-16(24)19-15(12)22/h4-8,12-13H,9H2,1-3H3,(H2,18,19,21,22,24)/t13-/m0/s1. The van der Waals surface area contributed by atoms with Gasteiger partial charge in [0.25, 0.3) is 0 Å². The third kappa shape index (κ3) is 4.36. The molecule has 128 valence electrons. The number of carbonyl (C=O) groups excluding carboxylic acids is 2. The van der Waals surface area contributed by atoms with Gasteiger partial charge in [0.05, 0.1) is 19.7 Å². The highest BCUT2D eigenvalue weighted by Crippen LogP contribution is 2.21. The molecule has 2 rings (SSSR count). The summed E-state index contributed by atoms with van der Waals surface area (Å²) in [6, 6.07) is 7.73. The van der Waals surface area contributed by atoms with Crippen LogP contribution in [-0.2, 0) is 9.59 Å². The Balaban J connectivity index is 2.06. The molecule has 1 atom stereocenters. The molecule has 0 unspecified atom stereocenters. The highest BCUT2D eigenvalue weighted by atomic mass is 32.1. The minimum atomic E-state index is -0.963. The minimum Gasteiger partial charge on any atom is -0.497 e. The first-order chi connectivity index (χ1) is 11.4. The molecule has 1 saturated heterocycles. The van der Waals surface area contributed by atoms with Crippen molar-refractivity contribution in [2.24, 2.45) is 10.9 Å². The van der Waals surface area contributed by atoms with Gasteiger partial charge in [-0.05, 0) is 44.0 Å². The van der Waals surface area contributed by atoms with Crippen LogP contribution < -0.4 is 15.4 Å². The van der Waals surface area contributed by atoms with Gasteiger partial charge in [-0.2, -0.15) is 0 Å². The van der Waals surface area contributed by atoms with E-state index in [4.69, 9.17) is 17.0 Å². The van der Waals surface area contributed by atoms with Crippen LogP contribution in [-0.4, -0.2) is 55.8 Å². The summed E-state index contributed by atoms with van der Waals surface area (Å²) in [4.78, 5) is 29.9. The molecule has 0 spiro atoms. The molecule has 0 radical (unpaired) electrons. The van der Waals surface area contributed by atoms with Crippen LogP contribution in [0, 0.1) is 5.92 Å². The highest BCUT2D eigenvalue weighted by Gasteiger charge is 2.31. The lowest BCUT2D eigenvalue weighted by molar-refractivity contribution is -0.131. The average molecular weight is 348 g/mol. The normalized spacial score (nSPS) is 17.1. The number of nitrogens with zero attached hydrogens (tertiary/aromatic N) is 2. The Hall–Kier alpha value is -2.32. The summed E-state index contributed by atoms with van der Waals surface area (Å²) in [5, 5.41) is 4.85. The van der Waals surface area contributed by atoms with E-state index < -0.39 is 17.7 Å². The van der Waals surface area contributed by atoms with Gasteiger partial charge >= 0.3 is 0 Å². The molecular weight excluding hydrogens is 328 g/mol. The van der Waals surface area contributed by atoms with Crippen molar-refractivity contribution in [3.63, 3.8) is 0 Å². The lowest BCUT2D eigenvalue weighted by Gasteiger charge is -2.24. The molecule has 1 aromatic rings. The Kier molecular flexibility index (Phi) is 5.99. The maximum Gasteiger partial charge on any atom is 0.244 e. The fourth-order valence-electron chi connectivity index (χ4n) is 2.32. The number of rotatable bonds is 6. The van der Waals surface area contributed by atoms with E-state index in [1.165, 1.54) is 6.21 Å². The van der Waals surface area contributed by atoms with Crippen LogP contribution in [0.15, 0.2) is 29.3 Å². The van der Waals surface area contributed by atoms with Crippen molar-refractivity contribution in [3.05, 3.63) is 29.8 Å². The zero-order valence-corrected chi connectivity index (χ0v) is 14.6. The summed E-state index contributed by atoms with van der Waals surface area (Å²) in [7, 11) is 5.51. The number of benzene rings is 1. The molecule has 1 fully saturated rings. The number of methoxy groups -OCH3 is 1. The van der Waals surface area contributed by atoms with Crippen LogP contribution in [0.1, 0.15) is 11.6 Å². The van der Waals surface area contributed by atoms with Crippen LogP contribution in [0.4, 0.5) is 0 Å². The summed E-state index contributed by atoms with van der Waals surface area (Å²) in [6.07, 6.45) is 1.37. The maximum atomic E-state index is 11.8. The van der Waals surface area contributed by atoms with Gasteiger partial charge in [0, 0.05) is 6.21 Å². The van der Waals surface area contributed by atoms with Crippen LogP contribution in [0.25, 0.3) is 0 Å². The van der Waals surface area contributed by atoms with Crippen LogP contribution >= 0.6 is 12.2 Å². The predicted octanol–water partition coefficient (Wildman–Crippen LogP) is 0.516. The zero-order valence-electron chi connectivity index (χ0n) is 13.8. The third-order valence-electron chi connectivity index (χ3n) is 3.70. The van der Waals surface area contributed by atoms with E-state index in [1.807, 2.05) is 43.3 Å². The van der Waals surface area contributed by atoms with Crippen molar-refractivity contribution < 1.29 is 14.3 Å². The monoisotopic (exact) mass is 348 g/mol. The van der Waals surface area contributed by atoms with Crippen molar-refractivity contribution in [2.45, 2.75) is 6.04 Å². The molecule has 1 aromatic carbocycles. The van der Waals surface area contributed by atoms with Crippen LogP contribution in [0.3, 0.4) is 0 Å². The molecule has 0 aromatic heterocycles. The second kappa shape index (κ2) is 7.98. The average Bonchev–Trinajstić information content (AvgIpc) is 2.53. The van der Waals surface area contributed by atoms with Crippen molar-refractivity contribution in [1.82, 2.24) is 15.5 Å². The van der Waals surface area contributed by atoms with E-state index in [0.717, 1.165) is 11.3 Å². The van der Waals surface area contributed by atoms with Gasteiger partial charge in [0.15, 0.2) is 11.0 Å². The molecule has 2 N–H and O–H groups in total. The Morgan fingerprint density at radius 2 is 1.83 bits per heavy atom. The quantitative estimate of drug-likeness (QED) is 0.445. The summed E-state index contributed by atoms with van der Waals surface area (Å²) in [6.45, 7) is 0.417. The fraction of sp³-hybridized carbons (Fsp3) is 0.375. The smallest absolute Gasteiger partial charge is 0.244 e. The molecule has 1 aliphatic rings. The molecule has 0 saturated carbocycles. The Labute approximate surface area is 146 Å². The molecule has 0 bridgehead atoms. The van der Waals surface area contributed by atoms with Crippen LogP contribution in [0.2, 0.25) is 0 Å². The fourth-order valence-corrected chi connectivity index (χ4v) is 2.53. The topological polar surface area (TPSA) is 83.0 Å². The minimum absolute atomic E-state index is 0.0166. The van der Waals surface area contributed by atoms with E-state index in [9.17, 15) is 9.59 Å². The van der Waals surface area contributed by atoms with E-state index in [1.54, 1.807) is 7.11 Å². The Morgan fingerprint density at radius 3 is 2.33 bits per heavy atom. The number of hydrogen-bond donors (Lipinski definition) is 2. The molecule has 7 nitrogen and oxygen atoms in total. The molecular formula is C16H20N4O3S. The number of ether oxygens (including phenoxy) is 1. The first-order valence-corrected chi connectivity index (χ1v) is 7.79. The number of hydrogen-bond acceptors (Lipinski definition) is 6. The zero-order chi connectivity index (χ0) is 17.7. The van der Waals surface area contributed by atoms with E-state index in [-0.39, 0.29) is 11.2 Å². The highest BCUT2D eigenvalue weighted by molar-refractivity contribution is 7.80. The van der Waals surface area contributed by atoms with Gasteiger partial charge in [-0.1, -0.05) is 12.1 Å². The van der Waals surface area contributed by atoms with Gasteiger partial charge in [-0.15, -0.1) is 0 Å². The van der Waals surface area contributed by atoms with Gasteiger partial charge in [-0.3, -0.25) is 14.6 Å². The Morgan fingerprint density at radius 1 is 1.25 bits per heavy atom. The van der Waals surface area contributed by atoms with Gasteiger partial charge in [0.2, 0.25) is 11.8 Å². The lowest BCUT2D eigenvalue weighted by Crippen LogP contribution is -2.56. The second-order valence-electron chi connectivity index (χ2n) is 5.55. The van der Waals surface area contributed by atoms with Crippen molar-refractivity contribution in [3.8, 4) is 5.75 Å². The van der Waals surface area contributed by atoms with Gasteiger partial charge in [0.1, 0.15) is 5.75 Å². The van der Waals surface area contributed by atoms with Crippen molar-refractivity contribution in [1.29, 1.82) is 0 Å². The van der Waals surface area contributed by atoms with E-state index in [2.05, 4.69) is 15.6 Å². The van der Waals surface area contributed by atoms with Crippen molar-refractivity contribution >= 4 is 35.4 Å². The summed E-state index contributed by atoms with van der Waals surface area (Å²) in [5.41, 5.74) is 1.07. The number of likely N-dealkylation sites (N-methyl/N-ethyl adjacent to an activating group) is 1. The lowest BCUT2D eigenvalue weighted by atomic mass is 10.1. The largest absolute Gasteiger partial charge is 0.497 e. The van der Waals surface area contributed by atoms with Crippen LogP contribution in [0.5, 0.6) is 5.75 Å². The molecule has 0 aliphatic carbocycles. The number of aliphatic imine (C=N–C) groups is 1. The summed E-state index contributed by atoms with van der Waals surface area (Å²) < 4.78 is 5.16. The second-order valence-corrected chi connectivity index (χ2v) is 5.96. The SMILES string of the molecule is COc1ccc([C@H](CN=CC2C(=O)NC(=S)NC2=O)N(C)C)cc1. The molecule has 24 heavy (non-hydrogen) atoms. The molecule has 2 amide bonds. The number of nitrogens with one attached hydrogen (secondary N) is 2. The molecule has 1 heterocycles. The summed E-state index contributed by atoms with van der Waals surface area (Å²) in [5.74, 6) is -1.10. The Bertz CT molecular complexity index is 638. The van der Waals surface area contributed by atoms with E-state index >= 15 is 0 Å². The first-order valence-electron chi connectivity index (χ1n) is 7.38. The third-order valence-corrected chi connectivity index (χ3v) is 3.90. The van der Waals surface area contributed by atoms with Gasteiger partial charge in [-0.25, -0.2) is 0 Å². The predicted molar refractivity (Wildman–Crippen MR) is 95.2 cm³/mol. The molecule has 8 heteroatoms. The maximum absolute atomic E-state index is 11.8. The van der Waals surface area contributed by atoms with Gasteiger partial charge < -0.3 is 20.3 Å². The van der Waals surface area contributed by atoms with E-state index in [0.29, 0.717) is 6.54 Å². The number of thiocarbonyl (C=S) groups is 1.